The zero-order chi connectivity index (χ0) is 16.2. The van der Waals surface area contributed by atoms with Crippen LogP contribution in [0.3, 0.4) is 0 Å². The highest BCUT2D eigenvalue weighted by molar-refractivity contribution is 7.92. The summed E-state index contributed by atoms with van der Waals surface area (Å²) >= 11 is 5.96. The Bertz CT molecular complexity index is 726. The lowest BCUT2D eigenvalue weighted by Gasteiger charge is -2.06. The normalized spacial score (nSPS) is 11.6. The van der Waals surface area contributed by atoms with Gasteiger partial charge in [-0.2, -0.15) is 5.10 Å². The third-order valence-electron chi connectivity index (χ3n) is 3.06. The molecule has 5 nitrogen and oxygen atoms in total. The average Bonchev–Trinajstić information content (AvgIpc) is 2.87. The third-order valence-corrected chi connectivity index (χ3v) is 4.78. The summed E-state index contributed by atoms with van der Waals surface area (Å²) in [5.41, 5.74) is 0.663. The van der Waals surface area contributed by atoms with E-state index in [0.717, 1.165) is 6.42 Å². The molecule has 0 aliphatic heterocycles. The molecule has 1 aromatic heterocycles. The zero-order valence-corrected chi connectivity index (χ0v) is 13.7. The number of unbranched alkanes of at least 4 members (excludes halogenated alkanes) is 1. The molecule has 22 heavy (non-hydrogen) atoms. The lowest BCUT2D eigenvalue weighted by Crippen LogP contribution is -2.16. The van der Waals surface area contributed by atoms with Gasteiger partial charge in [0, 0.05) is 16.8 Å². The molecule has 0 spiro atoms. The third kappa shape index (κ3) is 4.45. The summed E-state index contributed by atoms with van der Waals surface area (Å²) in [4.78, 5) is 0. The van der Waals surface area contributed by atoms with Gasteiger partial charge in [-0.25, -0.2) is 12.8 Å². The van der Waals surface area contributed by atoms with Crippen LogP contribution in [-0.2, 0) is 16.6 Å². The van der Waals surface area contributed by atoms with Crippen molar-refractivity contribution < 1.29 is 12.8 Å². The molecule has 0 unspecified atom stereocenters. The fourth-order valence-corrected chi connectivity index (χ4v) is 3.37. The Morgan fingerprint density at radius 3 is 2.86 bits per heavy atom. The van der Waals surface area contributed by atoms with E-state index < -0.39 is 15.8 Å². The van der Waals surface area contributed by atoms with Gasteiger partial charge in [-0.15, -0.1) is 0 Å². The summed E-state index contributed by atoms with van der Waals surface area (Å²) in [6.45, 7) is 2.05. The molecule has 2 rings (SSSR count). The van der Waals surface area contributed by atoms with Crippen LogP contribution < -0.4 is 4.72 Å². The highest BCUT2D eigenvalue weighted by Crippen LogP contribution is 2.20. The molecule has 0 saturated heterocycles. The molecule has 1 heterocycles. The number of benzene rings is 1. The van der Waals surface area contributed by atoms with Gasteiger partial charge in [0.2, 0.25) is 10.0 Å². The highest BCUT2D eigenvalue weighted by atomic mass is 35.5. The van der Waals surface area contributed by atoms with E-state index in [4.69, 9.17) is 11.6 Å². The van der Waals surface area contributed by atoms with Crippen molar-refractivity contribution in [2.45, 2.75) is 26.3 Å². The summed E-state index contributed by atoms with van der Waals surface area (Å²) in [5.74, 6) is -0.360. The van der Waals surface area contributed by atoms with E-state index in [-0.39, 0.29) is 12.3 Å². The monoisotopic (exact) mass is 345 g/mol. The summed E-state index contributed by atoms with van der Waals surface area (Å²) in [6, 6.07) is 4.44. The van der Waals surface area contributed by atoms with Crippen LogP contribution in [0.1, 0.15) is 25.3 Å². The van der Waals surface area contributed by atoms with Crippen molar-refractivity contribution in [3.05, 3.63) is 47.0 Å². The maximum Gasteiger partial charge on any atom is 0.232 e. The topological polar surface area (TPSA) is 64.0 Å². The summed E-state index contributed by atoms with van der Waals surface area (Å²) < 4.78 is 41.2. The number of hydrogen-bond donors (Lipinski definition) is 1. The van der Waals surface area contributed by atoms with Gasteiger partial charge in [0.25, 0.3) is 0 Å². The number of rotatable bonds is 7. The van der Waals surface area contributed by atoms with Crippen molar-refractivity contribution >= 4 is 27.3 Å². The number of nitrogens with one attached hydrogen (secondary N) is 1. The highest BCUT2D eigenvalue weighted by Gasteiger charge is 2.12. The van der Waals surface area contributed by atoms with Crippen LogP contribution >= 0.6 is 11.6 Å². The first-order valence-corrected chi connectivity index (χ1v) is 8.90. The minimum atomic E-state index is -3.38. The van der Waals surface area contributed by atoms with E-state index in [9.17, 15) is 12.8 Å². The number of anilines is 1. The lowest BCUT2D eigenvalue weighted by molar-refractivity contribution is 0.585. The smallest absolute Gasteiger partial charge is 0.232 e. The second kappa shape index (κ2) is 7.11. The van der Waals surface area contributed by atoms with Gasteiger partial charge in [0.15, 0.2) is 0 Å². The first-order chi connectivity index (χ1) is 10.4. The van der Waals surface area contributed by atoms with Crippen molar-refractivity contribution in [1.82, 2.24) is 9.78 Å². The molecule has 8 heteroatoms. The van der Waals surface area contributed by atoms with Crippen LogP contribution in [0.2, 0.25) is 5.02 Å². The SMILES string of the molecule is CCCCS(=O)(=O)Nc1cnn(Cc2c(F)cccc2Cl)c1. The Morgan fingerprint density at radius 2 is 2.18 bits per heavy atom. The molecule has 0 bridgehead atoms. The van der Waals surface area contributed by atoms with E-state index in [1.165, 1.54) is 29.2 Å². The number of nitrogens with zero attached hydrogens (tertiary/aromatic N) is 2. The van der Waals surface area contributed by atoms with E-state index in [1.807, 2.05) is 6.92 Å². The van der Waals surface area contributed by atoms with E-state index in [2.05, 4.69) is 9.82 Å². The molecular weight excluding hydrogens is 329 g/mol. The fourth-order valence-electron chi connectivity index (χ4n) is 1.91. The van der Waals surface area contributed by atoms with Crippen molar-refractivity contribution in [2.24, 2.45) is 0 Å². The van der Waals surface area contributed by atoms with Crippen molar-refractivity contribution in [2.75, 3.05) is 10.5 Å². The summed E-state index contributed by atoms with van der Waals surface area (Å²) in [7, 11) is -3.38. The zero-order valence-electron chi connectivity index (χ0n) is 12.1. The lowest BCUT2D eigenvalue weighted by atomic mass is 10.2. The number of hydrogen-bond acceptors (Lipinski definition) is 3. The molecule has 0 aliphatic rings. The van der Waals surface area contributed by atoms with Gasteiger partial charge in [-0.1, -0.05) is 31.0 Å². The fraction of sp³-hybridized carbons (Fsp3) is 0.357. The van der Waals surface area contributed by atoms with Gasteiger partial charge in [-0.05, 0) is 18.6 Å². The standard InChI is InChI=1S/C14H17ClFN3O2S/c1-2-3-7-22(20,21)18-11-8-17-19(9-11)10-12-13(15)5-4-6-14(12)16/h4-6,8-9,18H,2-3,7,10H2,1H3. The maximum atomic E-state index is 13.7. The van der Waals surface area contributed by atoms with Gasteiger partial charge < -0.3 is 0 Å². The number of halogens is 2. The Hall–Kier alpha value is -1.60. The van der Waals surface area contributed by atoms with Gasteiger partial charge in [0.05, 0.1) is 24.2 Å². The van der Waals surface area contributed by atoms with Crippen LogP contribution in [-0.4, -0.2) is 24.0 Å². The van der Waals surface area contributed by atoms with Crippen molar-refractivity contribution in [3.8, 4) is 0 Å². The Labute approximate surface area is 134 Å². The minimum absolute atomic E-state index is 0.0633. The number of sulfonamides is 1. The molecule has 0 radical (unpaired) electrons. The maximum absolute atomic E-state index is 13.7. The second-order valence-electron chi connectivity index (χ2n) is 4.90. The molecule has 0 atom stereocenters. The summed E-state index contributed by atoms with van der Waals surface area (Å²) in [6.07, 6.45) is 4.28. The summed E-state index contributed by atoms with van der Waals surface area (Å²) in [5, 5.41) is 4.33. The second-order valence-corrected chi connectivity index (χ2v) is 7.15. The number of aromatic nitrogens is 2. The Morgan fingerprint density at radius 1 is 1.41 bits per heavy atom. The predicted octanol–water partition coefficient (Wildman–Crippen LogP) is 3.27. The Kier molecular flexibility index (Phi) is 5.42. The van der Waals surface area contributed by atoms with Crippen LogP contribution in [0, 0.1) is 5.82 Å². The van der Waals surface area contributed by atoms with E-state index >= 15 is 0 Å². The molecule has 0 aliphatic carbocycles. The Balaban J connectivity index is 2.09. The van der Waals surface area contributed by atoms with Crippen LogP contribution in [0.4, 0.5) is 10.1 Å². The molecule has 120 valence electrons. The van der Waals surface area contributed by atoms with Crippen molar-refractivity contribution in [1.29, 1.82) is 0 Å². The molecule has 0 saturated carbocycles. The van der Waals surface area contributed by atoms with Gasteiger partial charge >= 0.3 is 0 Å². The largest absolute Gasteiger partial charge is 0.280 e. The molecule has 1 aromatic carbocycles. The molecule has 2 aromatic rings. The van der Waals surface area contributed by atoms with E-state index in [1.54, 1.807) is 6.07 Å². The van der Waals surface area contributed by atoms with Crippen LogP contribution in [0.25, 0.3) is 0 Å². The molecular formula is C14H17ClFN3O2S. The van der Waals surface area contributed by atoms with E-state index in [0.29, 0.717) is 22.7 Å². The van der Waals surface area contributed by atoms with Gasteiger partial charge in [-0.3, -0.25) is 9.40 Å². The predicted molar refractivity (Wildman–Crippen MR) is 85.1 cm³/mol. The van der Waals surface area contributed by atoms with Gasteiger partial charge in [0.1, 0.15) is 5.82 Å². The quantitative estimate of drug-likeness (QED) is 0.837. The first kappa shape index (κ1) is 16.8. The van der Waals surface area contributed by atoms with Crippen LogP contribution in [0.5, 0.6) is 0 Å². The van der Waals surface area contributed by atoms with Crippen LogP contribution in [0.15, 0.2) is 30.6 Å². The van der Waals surface area contributed by atoms with Crippen molar-refractivity contribution in [3.63, 3.8) is 0 Å². The minimum Gasteiger partial charge on any atom is -0.280 e. The molecule has 0 fully saturated rings. The molecule has 0 amide bonds. The average molecular weight is 346 g/mol. The molecule has 1 N–H and O–H groups in total. The first-order valence-electron chi connectivity index (χ1n) is 6.87.